The van der Waals surface area contributed by atoms with E-state index in [1.807, 2.05) is 6.07 Å². The zero-order chi connectivity index (χ0) is 11.5. The Morgan fingerprint density at radius 1 is 1.31 bits per heavy atom. The lowest BCUT2D eigenvalue weighted by Gasteiger charge is -2.28. The molecule has 1 fully saturated rings. The van der Waals surface area contributed by atoms with Gasteiger partial charge in [0.05, 0.1) is 12.7 Å². The minimum atomic E-state index is -0.374. The molecule has 2 atom stereocenters. The summed E-state index contributed by atoms with van der Waals surface area (Å²) in [5.74, 6) is 0.258. The number of hydrogen-bond donors (Lipinski definition) is 1. The fourth-order valence-corrected chi connectivity index (χ4v) is 2.54. The first-order valence-corrected chi connectivity index (χ1v) is 6.02. The van der Waals surface area contributed by atoms with E-state index in [9.17, 15) is 5.11 Å². The summed E-state index contributed by atoms with van der Waals surface area (Å²) in [6, 6.07) is 6.17. The molecular formula is C14H20O2. The van der Waals surface area contributed by atoms with Crippen molar-refractivity contribution in [2.45, 2.75) is 32.8 Å². The predicted molar refractivity (Wildman–Crippen MR) is 64.4 cm³/mol. The molecular weight excluding hydrogens is 200 g/mol. The number of aliphatic hydroxyl groups excluding tert-OH is 1. The van der Waals surface area contributed by atoms with Crippen molar-refractivity contribution in [1.82, 2.24) is 0 Å². The summed E-state index contributed by atoms with van der Waals surface area (Å²) < 4.78 is 5.44. The molecule has 1 aliphatic heterocycles. The number of ether oxygens (including phenoxy) is 1. The molecule has 0 aliphatic carbocycles. The van der Waals surface area contributed by atoms with Gasteiger partial charge in [0.1, 0.15) is 0 Å². The van der Waals surface area contributed by atoms with Gasteiger partial charge in [-0.3, -0.25) is 0 Å². The summed E-state index contributed by atoms with van der Waals surface area (Å²) in [4.78, 5) is 0. The molecule has 1 heterocycles. The number of rotatable bonds is 2. The third-order valence-corrected chi connectivity index (χ3v) is 3.48. The SMILES string of the molecule is Cc1cccc(C)c1C(O)C1CCCOC1. The van der Waals surface area contributed by atoms with Crippen molar-refractivity contribution >= 4 is 0 Å². The molecule has 88 valence electrons. The van der Waals surface area contributed by atoms with Gasteiger partial charge in [0, 0.05) is 12.5 Å². The number of aryl methyl sites for hydroxylation is 2. The van der Waals surface area contributed by atoms with Crippen LogP contribution in [0.15, 0.2) is 18.2 Å². The summed E-state index contributed by atoms with van der Waals surface area (Å²) in [6.45, 7) is 5.66. The van der Waals surface area contributed by atoms with Crippen LogP contribution in [0.4, 0.5) is 0 Å². The van der Waals surface area contributed by atoms with Crippen molar-refractivity contribution in [3.8, 4) is 0 Å². The molecule has 1 aromatic carbocycles. The van der Waals surface area contributed by atoms with Crippen molar-refractivity contribution in [2.75, 3.05) is 13.2 Å². The first-order valence-electron chi connectivity index (χ1n) is 6.02. The Labute approximate surface area is 97.3 Å². The highest BCUT2D eigenvalue weighted by atomic mass is 16.5. The third kappa shape index (κ3) is 2.28. The standard InChI is InChI=1S/C14H20O2/c1-10-5-3-6-11(2)13(10)14(15)12-7-4-8-16-9-12/h3,5-6,12,14-15H,4,7-9H2,1-2H3. The van der Waals surface area contributed by atoms with Crippen molar-refractivity contribution in [2.24, 2.45) is 5.92 Å². The zero-order valence-corrected chi connectivity index (χ0v) is 10.1. The van der Waals surface area contributed by atoms with Gasteiger partial charge in [-0.15, -0.1) is 0 Å². The average Bonchev–Trinajstić information content (AvgIpc) is 2.30. The van der Waals surface area contributed by atoms with Crippen molar-refractivity contribution < 1.29 is 9.84 Å². The summed E-state index contributed by atoms with van der Waals surface area (Å²) in [5.41, 5.74) is 3.45. The fourth-order valence-electron chi connectivity index (χ4n) is 2.54. The van der Waals surface area contributed by atoms with Crippen LogP contribution in [-0.2, 0) is 4.74 Å². The van der Waals surface area contributed by atoms with Crippen LogP contribution in [0, 0.1) is 19.8 Å². The topological polar surface area (TPSA) is 29.5 Å². The molecule has 1 aromatic rings. The summed E-state index contributed by atoms with van der Waals surface area (Å²) in [7, 11) is 0. The van der Waals surface area contributed by atoms with E-state index in [4.69, 9.17) is 4.74 Å². The summed E-state index contributed by atoms with van der Waals surface area (Å²) in [6.07, 6.45) is 1.75. The maximum absolute atomic E-state index is 10.4. The quantitative estimate of drug-likeness (QED) is 0.830. The molecule has 2 heteroatoms. The largest absolute Gasteiger partial charge is 0.388 e. The van der Waals surface area contributed by atoms with E-state index in [0.717, 1.165) is 25.0 Å². The number of benzene rings is 1. The van der Waals surface area contributed by atoms with Gasteiger partial charge in [-0.25, -0.2) is 0 Å². The van der Waals surface area contributed by atoms with Crippen molar-refractivity contribution in [3.05, 3.63) is 34.9 Å². The van der Waals surface area contributed by atoms with Crippen LogP contribution in [0.2, 0.25) is 0 Å². The minimum Gasteiger partial charge on any atom is -0.388 e. The van der Waals surface area contributed by atoms with Crippen molar-refractivity contribution in [3.63, 3.8) is 0 Å². The average molecular weight is 220 g/mol. The third-order valence-electron chi connectivity index (χ3n) is 3.48. The molecule has 0 spiro atoms. The van der Waals surface area contributed by atoms with Crippen LogP contribution in [-0.4, -0.2) is 18.3 Å². The van der Waals surface area contributed by atoms with Gasteiger partial charge < -0.3 is 9.84 Å². The van der Waals surface area contributed by atoms with Crippen LogP contribution in [0.25, 0.3) is 0 Å². The fraction of sp³-hybridized carbons (Fsp3) is 0.571. The van der Waals surface area contributed by atoms with E-state index < -0.39 is 0 Å². The monoisotopic (exact) mass is 220 g/mol. The van der Waals surface area contributed by atoms with E-state index in [1.54, 1.807) is 0 Å². The Balaban J connectivity index is 2.22. The van der Waals surface area contributed by atoms with Crippen LogP contribution in [0.3, 0.4) is 0 Å². The van der Waals surface area contributed by atoms with Gasteiger partial charge in [-0.2, -0.15) is 0 Å². The highest BCUT2D eigenvalue weighted by Crippen LogP contribution is 2.32. The van der Waals surface area contributed by atoms with E-state index >= 15 is 0 Å². The van der Waals surface area contributed by atoms with Gasteiger partial charge in [-0.1, -0.05) is 18.2 Å². The van der Waals surface area contributed by atoms with Gasteiger partial charge in [0.2, 0.25) is 0 Å². The molecule has 2 rings (SSSR count). The normalized spacial score (nSPS) is 23.1. The molecule has 1 saturated heterocycles. The highest BCUT2D eigenvalue weighted by molar-refractivity contribution is 5.35. The zero-order valence-electron chi connectivity index (χ0n) is 10.1. The Bertz CT molecular complexity index is 334. The molecule has 16 heavy (non-hydrogen) atoms. The first-order chi connectivity index (χ1) is 7.70. The van der Waals surface area contributed by atoms with Crippen LogP contribution < -0.4 is 0 Å². The Hall–Kier alpha value is -0.860. The molecule has 2 unspecified atom stereocenters. The Morgan fingerprint density at radius 2 is 2.00 bits per heavy atom. The van der Waals surface area contributed by atoms with E-state index in [2.05, 4.69) is 26.0 Å². The van der Waals surface area contributed by atoms with E-state index in [0.29, 0.717) is 6.61 Å². The van der Waals surface area contributed by atoms with Crippen LogP contribution in [0.5, 0.6) is 0 Å². The smallest absolute Gasteiger partial charge is 0.0845 e. The Morgan fingerprint density at radius 3 is 2.56 bits per heavy atom. The lowest BCUT2D eigenvalue weighted by atomic mass is 9.87. The maximum Gasteiger partial charge on any atom is 0.0845 e. The molecule has 0 saturated carbocycles. The van der Waals surface area contributed by atoms with Crippen LogP contribution in [0.1, 0.15) is 35.6 Å². The van der Waals surface area contributed by atoms with Gasteiger partial charge in [0.15, 0.2) is 0 Å². The molecule has 1 aliphatic rings. The lowest BCUT2D eigenvalue weighted by molar-refractivity contribution is -0.0104. The summed E-state index contributed by atoms with van der Waals surface area (Å²) in [5, 5.41) is 10.4. The predicted octanol–water partition coefficient (Wildman–Crippen LogP) is 2.76. The second-order valence-electron chi connectivity index (χ2n) is 4.73. The molecule has 2 nitrogen and oxygen atoms in total. The molecule has 1 N–H and O–H groups in total. The second kappa shape index (κ2) is 4.98. The second-order valence-corrected chi connectivity index (χ2v) is 4.73. The first kappa shape index (κ1) is 11.6. The summed E-state index contributed by atoms with van der Waals surface area (Å²) >= 11 is 0. The van der Waals surface area contributed by atoms with E-state index in [-0.39, 0.29) is 12.0 Å². The molecule has 0 aromatic heterocycles. The Kier molecular flexibility index (Phi) is 3.62. The molecule has 0 bridgehead atoms. The van der Waals surface area contributed by atoms with Crippen LogP contribution >= 0.6 is 0 Å². The van der Waals surface area contributed by atoms with Crippen molar-refractivity contribution in [1.29, 1.82) is 0 Å². The van der Waals surface area contributed by atoms with Gasteiger partial charge in [0.25, 0.3) is 0 Å². The molecule has 0 amide bonds. The minimum absolute atomic E-state index is 0.258. The maximum atomic E-state index is 10.4. The highest BCUT2D eigenvalue weighted by Gasteiger charge is 2.25. The lowest BCUT2D eigenvalue weighted by Crippen LogP contribution is -2.24. The van der Waals surface area contributed by atoms with Gasteiger partial charge in [-0.05, 0) is 43.4 Å². The number of aliphatic hydroxyl groups is 1. The van der Waals surface area contributed by atoms with Gasteiger partial charge >= 0.3 is 0 Å². The van der Waals surface area contributed by atoms with E-state index in [1.165, 1.54) is 11.1 Å². The number of hydrogen-bond acceptors (Lipinski definition) is 2. The molecule has 0 radical (unpaired) electrons.